The van der Waals surface area contributed by atoms with Gasteiger partial charge in [-0.3, -0.25) is 10.8 Å². The fourth-order valence-electron chi connectivity index (χ4n) is 1.41. The SMILES string of the molecule is NN1CCN(c2cnccn2)CC1. The van der Waals surface area contributed by atoms with Gasteiger partial charge in [0.25, 0.3) is 0 Å². The molecule has 5 nitrogen and oxygen atoms in total. The lowest BCUT2D eigenvalue weighted by Gasteiger charge is -2.32. The Kier molecular flexibility index (Phi) is 2.37. The molecule has 0 spiro atoms. The zero-order valence-electron chi connectivity index (χ0n) is 7.43. The molecule has 70 valence electrons. The van der Waals surface area contributed by atoms with E-state index in [1.807, 2.05) is 5.01 Å². The highest BCUT2D eigenvalue weighted by Crippen LogP contribution is 2.09. The Morgan fingerprint density at radius 3 is 2.54 bits per heavy atom. The highest BCUT2D eigenvalue weighted by molar-refractivity contribution is 5.35. The lowest BCUT2D eigenvalue weighted by atomic mass is 10.3. The van der Waals surface area contributed by atoms with E-state index in [1.54, 1.807) is 18.6 Å². The molecule has 2 N–H and O–H groups in total. The Labute approximate surface area is 77.2 Å². The number of nitrogens with two attached hydrogens (primary N) is 1. The molecule has 0 aromatic carbocycles. The third kappa shape index (κ3) is 1.93. The Morgan fingerprint density at radius 2 is 1.92 bits per heavy atom. The van der Waals surface area contributed by atoms with E-state index in [9.17, 15) is 0 Å². The molecule has 1 aromatic heterocycles. The molecule has 0 aliphatic carbocycles. The zero-order chi connectivity index (χ0) is 9.10. The number of hydrogen-bond donors (Lipinski definition) is 1. The second-order valence-corrected chi connectivity index (χ2v) is 3.09. The van der Waals surface area contributed by atoms with Crippen molar-refractivity contribution in [2.24, 2.45) is 5.84 Å². The van der Waals surface area contributed by atoms with Crippen LogP contribution in [0.3, 0.4) is 0 Å². The highest BCUT2D eigenvalue weighted by Gasteiger charge is 2.14. The van der Waals surface area contributed by atoms with Crippen LogP contribution in [0.5, 0.6) is 0 Å². The molecule has 1 fully saturated rings. The van der Waals surface area contributed by atoms with E-state index in [-0.39, 0.29) is 0 Å². The molecule has 2 heterocycles. The minimum absolute atomic E-state index is 0.885. The van der Waals surface area contributed by atoms with Gasteiger partial charge in [0.15, 0.2) is 0 Å². The van der Waals surface area contributed by atoms with Crippen LogP contribution in [-0.2, 0) is 0 Å². The van der Waals surface area contributed by atoms with Gasteiger partial charge in [-0.05, 0) is 0 Å². The van der Waals surface area contributed by atoms with Gasteiger partial charge < -0.3 is 4.90 Å². The van der Waals surface area contributed by atoms with Crippen molar-refractivity contribution in [3.8, 4) is 0 Å². The number of aromatic nitrogens is 2. The minimum atomic E-state index is 0.885. The van der Waals surface area contributed by atoms with Crippen molar-refractivity contribution in [3.63, 3.8) is 0 Å². The Balaban J connectivity index is 2.03. The van der Waals surface area contributed by atoms with Crippen LogP contribution < -0.4 is 10.7 Å². The maximum absolute atomic E-state index is 5.65. The minimum Gasteiger partial charge on any atom is -0.353 e. The molecular formula is C8H13N5. The summed E-state index contributed by atoms with van der Waals surface area (Å²) in [6, 6.07) is 0. The highest BCUT2D eigenvalue weighted by atomic mass is 15.4. The molecule has 0 amide bonds. The first-order valence-corrected chi connectivity index (χ1v) is 4.37. The number of nitrogens with zero attached hydrogens (tertiary/aromatic N) is 4. The normalized spacial score (nSPS) is 19.0. The molecule has 0 unspecified atom stereocenters. The summed E-state index contributed by atoms with van der Waals surface area (Å²) in [6.07, 6.45) is 5.18. The standard InChI is InChI=1S/C8H13N5/c9-13-5-3-12(4-6-13)8-7-10-1-2-11-8/h1-2,7H,3-6,9H2. The second-order valence-electron chi connectivity index (χ2n) is 3.09. The van der Waals surface area contributed by atoms with Crippen molar-refractivity contribution >= 4 is 5.82 Å². The van der Waals surface area contributed by atoms with Gasteiger partial charge in [0.05, 0.1) is 6.20 Å². The van der Waals surface area contributed by atoms with E-state index < -0.39 is 0 Å². The van der Waals surface area contributed by atoms with Crippen LogP contribution in [0.4, 0.5) is 5.82 Å². The van der Waals surface area contributed by atoms with Gasteiger partial charge >= 0.3 is 0 Å². The number of hydrogen-bond acceptors (Lipinski definition) is 5. The Bertz CT molecular complexity index is 254. The van der Waals surface area contributed by atoms with Gasteiger partial charge in [0.1, 0.15) is 5.82 Å². The summed E-state index contributed by atoms with van der Waals surface area (Å²) in [4.78, 5) is 10.5. The molecule has 1 aliphatic rings. The maximum Gasteiger partial charge on any atom is 0.147 e. The number of piperazine rings is 1. The molecule has 5 heteroatoms. The maximum atomic E-state index is 5.65. The first-order chi connectivity index (χ1) is 6.36. The number of rotatable bonds is 1. The van der Waals surface area contributed by atoms with Gasteiger partial charge in [0.2, 0.25) is 0 Å². The van der Waals surface area contributed by atoms with Gasteiger partial charge in [0, 0.05) is 38.6 Å². The number of anilines is 1. The smallest absolute Gasteiger partial charge is 0.147 e. The Morgan fingerprint density at radius 1 is 1.15 bits per heavy atom. The van der Waals surface area contributed by atoms with E-state index in [0.717, 1.165) is 32.0 Å². The largest absolute Gasteiger partial charge is 0.353 e. The molecule has 1 saturated heterocycles. The van der Waals surface area contributed by atoms with Crippen LogP contribution >= 0.6 is 0 Å². The molecule has 1 aliphatic heterocycles. The van der Waals surface area contributed by atoms with Crippen molar-refractivity contribution in [2.75, 3.05) is 31.1 Å². The van der Waals surface area contributed by atoms with Crippen LogP contribution in [0, 0.1) is 0 Å². The summed E-state index contributed by atoms with van der Waals surface area (Å²) >= 11 is 0. The predicted molar refractivity (Wildman–Crippen MR) is 50.0 cm³/mol. The van der Waals surface area contributed by atoms with Crippen LogP contribution in [0.15, 0.2) is 18.6 Å². The first kappa shape index (κ1) is 8.40. The molecule has 0 radical (unpaired) electrons. The van der Waals surface area contributed by atoms with Crippen molar-refractivity contribution < 1.29 is 0 Å². The van der Waals surface area contributed by atoms with Gasteiger partial charge in [-0.25, -0.2) is 9.99 Å². The van der Waals surface area contributed by atoms with Crippen molar-refractivity contribution in [2.45, 2.75) is 0 Å². The van der Waals surface area contributed by atoms with Crippen molar-refractivity contribution in [3.05, 3.63) is 18.6 Å². The third-order valence-corrected chi connectivity index (χ3v) is 2.19. The van der Waals surface area contributed by atoms with E-state index in [2.05, 4.69) is 14.9 Å². The average Bonchev–Trinajstić information content (AvgIpc) is 2.20. The van der Waals surface area contributed by atoms with Crippen molar-refractivity contribution in [1.82, 2.24) is 15.0 Å². The van der Waals surface area contributed by atoms with Gasteiger partial charge in [-0.15, -0.1) is 0 Å². The molecule has 0 bridgehead atoms. The molecule has 2 rings (SSSR count). The third-order valence-electron chi connectivity index (χ3n) is 2.19. The first-order valence-electron chi connectivity index (χ1n) is 4.37. The summed E-state index contributed by atoms with van der Waals surface area (Å²) in [5, 5.41) is 1.83. The number of hydrazine groups is 1. The summed E-state index contributed by atoms with van der Waals surface area (Å²) in [5.74, 6) is 6.59. The molecule has 0 saturated carbocycles. The average molecular weight is 179 g/mol. The van der Waals surface area contributed by atoms with E-state index >= 15 is 0 Å². The van der Waals surface area contributed by atoms with Gasteiger partial charge in [-0.1, -0.05) is 0 Å². The van der Waals surface area contributed by atoms with E-state index in [4.69, 9.17) is 5.84 Å². The van der Waals surface area contributed by atoms with E-state index in [1.165, 1.54) is 0 Å². The fourth-order valence-corrected chi connectivity index (χ4v) is 1.41. The molecule has 13 heavy (non-hydrogen) atoms. The lowest BCUT2D eigenvalue weighted by molar-refractivity contribution is 0.265. The van der Waals surface area contributed by atoms with Crippen LogP contribution in [-0.4, -0.2) is 41.2 Å². The monoisotopic (exact) mass is 179 g/mol. The summed E-state index contributed by atoms with van der Waals surface area (Å²) in [6.45, 7) is 3.62. The van der Waals surface area contributed by atoms with Crippen molar-refractivity contribution in [1.29, 1.82) is 0 Å². The van der Waals surface area contributed by atoms with Crippen LogP contribution in [0.25, 0.3) is 0 Å². The summed E-state index contributed by atoms with van der Waals surface area (Å²) < 4.78 is 0. The summed E-state index contributed by atoms with van der Waals surface area (Å²) in [5.41, 5.74) is 0. The second kappa shape index (κ2) is 3.68. The molecule has 1 aromatic rings. The molecular weight excluding hydrogens is 166 g/mol. The Hall–Kier alpha value is -1.20. The topological polar surface area (TPSA) is 58.3 Å². The predicted octanol–water partition coefficient (Wildman–Crippen LogP) is -0.528. The van der Waals surface area contributed by atoms with Crippen LogP contribution in [0.1, 0.15) is 0 Å². The molecule has 0 atom stereocenters. The lowest BCUT2D eigenvalue weighted by Crippen LogP contribution is -2.49. The zero-order valence-corrected chi connectivity index (χ0v) is 7.43. The van der Waals surface area contributed by atoms with E-state index in [0.29, 0.717) is 0 Å². The summed E-state index contributed by atoms with van der Waals surface area (Å²) in [7, 11) is 0. The van der Waals surface area contributed by atoms with Gasteiger partial charge in [-0.2, -0.15) is 0 Å². The van der Waals surface area contributed by atoms with Crippen LogP contribution in [0.2, 0.25) is 0 Å². The quantitative estimate of drug-likeness (QED) is 0.587. The fraction of sp³-hybridized carbons (Fsp3) is 0.500.